The number of rotatable bonds is 5. The summed E-state index contributed by atoms with van der Waals surface area (Å²) in [6.07, 6.45) is -0.104. The van der Waals surface area contributed by atoms with Gasteiger partial charge in [-0.3, -0.25) is 0 Å². The van der Waals surface area contributed by atoms with E-state index in [0.29, 0.717) is 0 Å². The van der Waals surface area contributed by atoms with Crippen molar-refractivity contribution in [1.29, 1.82) is 0 Å². The van der Waals surface area contributed by atoms with Crippen LogP contribution in [0.1, 0.15) is 13.8 Å². The monoisotopic (exact) mass is 164 g/mol. The summed E-state index contributed by atoms with van der Waals surface area (Å²) < 4.78 is 0. The van der Waals surface area contributed by atoms with E-state index in [4.69, 9.17) is 4.84 Å². The van der Waals surface area contributed by atoms with Crippen LogP contribution in [0.5, 0.6) is 0 Å². The molecule has 0 aromatic rings. The summed E-state index contributed by atoms with van der Waals surface area (Å²) in [4.78, 5) is 4.86. The van der Waals surface area contributed by atoms with E-state index in [0.717, 1.165) is 0 Å². The van der Waals surface area contributed by atoms with Gasteiger partial charge >= 0.3 is 0 Å². The van der Waals surface area contributed by atoms with Gasteiger partial charge in [0.25, 0.3) is 0 Å². The van der Waals surface area contributed by atoms with E-state index in [2.05, 4.69) is 10.9 Å². The lowest BCUT2D eigenvalue weighted by atomic mass is 10.5. The van der Waals surface area contributed by atoms with E-state index in [1.165, 1.54) is 7.05 Å². The van der Waals surface area contributed by atoms with Gasteiger partial charge in [0.2, 0.25) is 0 Å². The first-order chi connectivity index (χ1) is 5.11. The molecule has 6 heteroatoms. The van der Waals surface area contributed by atoms with Crippen molar-refractivity contribution in [2.75, 3.05) is 14.1 Å². The van der Waals surface area contributed by atoms with Crippen LogP contribution in [0, 0.1) is 5.21 Å². The molecule has 0 aromatic heterocycles. The molecule has 0 saturated heterocycles. The molecule has 3 N–H and O–H groups in total. The maximum atomic E-state index is 11.0. The predicted octanol–water partition coefficient (Wildman–Crippen LogP) is -2.44. The Morgan fingerprint density at radius 2 is 2.09 bits per heavy atom. The van der Waals surface area contributed by atoms with Gasteiger partial charge in [-0.05, 0) is 13.8 Å². The van der Waals surface area contributed by atoms with Crippen LogP contribution < -0.4 is 16.0 Å². The summed E-state index contributed by atoms with van der Waals surface area (Å²) >= 11 is 0. The molecule has 0 aliphatic carbocycles. The maximum Gasteiger partial charge on any atom is 0.118 e. The molecular formula is C5H16N4O2. The van der Waals surface area contributed by atoms with Crippen molar-refractivity contribution >= 4 is 0 Å². The standard InChI is InChI=1S/C5H16N4O2/c1-5(2)11-9(10)8(6-3)7-4/h5-6,8-9H,1-4H3. The largest absolute Gasteiger partial charge is 0.548 e. The minimum absolute atomic E-state index is 0.104. The molecule has 0 aromatic carbocycles. The zero-order valence-corrected chi connectivity index (χ0v) is 7.34. The van der Waals surface area contributed by atoms with Crippen molar-refractivity contribution in [2.45, 2.75) is 20.0 Å². The molecule has 6 nitrogen and oxygen atoms in total. The van der Waals surface area contributed by atoms with Crippen LogP contribution in [0.2, 0.25) is 0 Å². The lowest BCUT2D eigenvalue weighted by Gasteiger charge is -2.33. The first kappa shape index (κ1) is 10.8. The highest BCUT2D eigenvalue weighted by molar-refractivity contribution is 4.32. The smallest absolute Gasteiger partial charge is 0.118 e. The molecule has 0 saturated carbocycles. The van der Waals surface area contributed by atoms with Crippen molar-refractivity contribution in [1.82, 2.24) is 5.43 Å². The van der Waals surface area contributed by atoms with Crippen molar-refractivity contribution in [3.63, 3.8) is 0 Å². The second kappa shape index (κ2) is 5.42. The summed E-state index contributed by atoms with van der Waals surface area (Å²) in [6.45, 7) is 3.58. The van der Waals surface area contributed by atoms with Crippen LogP contribution in [0.3, 0.4) is 0 Å². The number of hydrogen-bond acceptors (Lipinski definition) is 3. The highest BCUT2D eigenvalue weighted by Gasteiger charge is 2.06. The third-order valence-electron chi connectivity index (χ3n) is 0.996. The molecule has 0 heterocycles. The average molecular weight is 164 g/mol. The van der Waals surface area contributed by atoms with Crippen LogP contribution in [0.15, 0.2) is 0 Å². The summed E-state index contributed by atoms with van der Waals surface area (Å²) in [7, 11) is 3.16. The van der Waals surface area contributed by atoms with Crippen molar-refractivity contribution in [3.8, 4) is 0 Å². The zero-order chi connectivity index (χ0) is 8.85. The molecule has 0 aliphatic heterocycles. The maximum absolute atomic E-state index is 11.0. The number of nitrogens with zero attached hydrogens (tertiary/aromatic N) is 1. The van der Waals surface area contributed by atoms with Crippen LogP contribution in [-0.4, -0.2) is 20.2 Å². The van der Waals surface area contributed by atoms with Gasteiger partial charge in [-0.25, -0.2) is 0 Å². The Kier molecular flexibility index (Phi) is 5.30. The molecule has 0 rings (SSSR count). The van der Waals surface area contributed by atoms with Crippen LogP contribution >= 0.6 is 0 Å². The first-order valence-corrected chi connectivity index (χ1v) is 3.47. The molecule has 68 valence electrons. The second-order valence-electron chi connectivity index (χ2n) is 2.28. The SMILES string of the molecule is C[N-][NH+](NC)[NH+]([O-])OC(C)C. The molecule has 11 heavy (non-hydrogen) atoms. The molecule has 0 radical (unpaired) electrons. The zero-order valence-electron chi connectivity index (χ0n) is 7.34. The van der Waals surface area contributed by atoms with Crippen LogP contribution in [0.4, 0.5) is 0 Å². The molecule has 2 atom stereocenters. The van der Waals surface area contributed by atoms with Crippen molar-refractivity contribution in [3.05, 3.63) is 10.6 Å². The molecule has 0 bridgehead atoms. The highest BCUT2D eigenvalue weighted by Crippen LogP contribution is 1.75. The lowest BCUT2D eigenvalue weighted by Crippen LogP contribution is -3.58. The van der Waals surface area contributed by atoms with E-state index in [9.17, 15) is 5.21 Å². The minimum Gasteiger partial charge on any atom is -0.548 e. The first-order valence-electron chi connectivity index (χ1n) is 3.47. The third kappa shape index (κ3) is 4.25. The second-order valence-corrected chi connectivity index (χ2v) is 2.28. The predicted molar refractivity (Wildman–Crippen MR) is 39.9 cm³/mol. The Balaban J connectivity index is 3.68. The Bertz CT molecular complexity index is 96.5. The molecule has 0 aliphatic rings. The van der Waals surface area contributed by atoms with E-state index >= 15 is 0 Å². The van der Waals surface area contributed by atoms with Gasteiger partial charge in [0.15, 0.2) is 0 Å². The minimum atomic E-state index is -0.412. The normalized spacial score (nSPS) is 16.9. The fraction of sp³-hybridized carbons (Fsp3) is 1.00. The molecule has 0 fully saturated rings. The molecular weight excluding hydrogens is 148 g/mol. The Labute approximate surface area is 66.5 Å². The van der Waals surface area contributed by atoms with Gasteiger partial charge in [-0.15, -0.1) is 22.5 Å². The van der Waals surface area contributed by atoms with Crippen LogP contribution in [-0.2, 0) is 4.84 Å². The van der Waals surface area contributed by atoms with Crippen LogP contribution in [0.25, 0.3) is 5.43 Å². The Morgan fingerprint density at radius 3 is 2.36 bits per heavy atom. The van der Waals surface area contributed by atoms with Crippen molar-refractivity contribution < 1.29 is 15.4 Å². The third-order valence-corrected chi connectivity index (χ3v) is 0.996. The summed E-state index contributed by atoms with van der Waals surface area (Å²) in [5, 5.41) is 10.8. The van der Waals surface area contributed by atoms with Gasteiger partial charge in [0.1, 0.15) is 6.10 Å². The van der Waals surface area contributed by atoms with Gasteiger partial charge in [0, 0.05) is 7.05 Å². The Hall–Kier alpha value is -0.240. The highest BCUT2D eigenvalue weighted by atomic mass is 16.9. The van der Waals surface area contributed by atoms with Crippen molar-refractivity contribution in [2.24, 2.45) is 0 Å². The van der Waals surface area contributed by atoms with Gasteiger partial charge in [-0.1, -0.05) is 5.34 Å². The van der Waals surface area contributed by atoms with Gasteiger partial charge < -0.3 is 10.6 Å². The quantitative estimate of drug-likeness (QED) is 0.396. The van der Waals surface area contributed by atoms with Gasteiger partial charge in [0.05, 0.1) is 0 Å². The summed E-state index contributed by atoms with van der Waals surface area (Å²) in [6, 6.07) is 0. The summed E-state index contributed by atoms with van der Waals surface area (Å²) in [5.74, 6) is 0. The lowest BCUT2D eigenvalue weighted by molar-refractivity contribution is -1.56. The van der Waals surface area contributed by atoms with Gasteiger partial charge in [-0.2, -0.15) is 0 Å². The number of hydrogen-bond donors (Lipinski definition) is 3. The van der Waals surface area contributed by atoms with E-state index in [1.54, 1.807) is 20.9 Å². The molecule has 0 amide bonds. The number of nitrogens with one attached hydrogen (secondary N) is 3. The van der Waals surface area contributed by atoms with E-state index in [1.807, 2.05) is 0 Å². The fourth-order valence-corrected chi connectivity index (χ4v) is 0.575. The fourth-order valence-electron chi connectivity index (χ4n) is 0.575. The Morgan fingerprint density at radius 1 is 1.55 bits per heavy atom. The average Bonchev–Trinajstić information content (AvgIpc) is 1.88. The van der Waals surface area contributed by atoms with E-state index in [-0.39, 0.29) is 11.3 Å². The topological polar surface area (TPSA) is 67.3 Å². The molecule has 0 spiro atoms. The van der Waals surface area contributed by atoms with E-state index < -0.39 is 5.34 Å². The number of quaternary nitrogens is 2. The molecule has 2 unspecified atom stereocenters. The summed E-state index contributed by atoms with van der Waals surface area (Å²) in [5.41, 5.74) is 6.32.